The van der Waals surface area contributed by atoms with Crippen LogP contribution >= 0.6 is 0 Å². The van der Waals surface area contributed by atoms with Gasteiger partial charge in [-0.05, 0) is 137 Å². The molecular weight excluding hydrogens is 571 g/mol. The predicted octanol–water partition coefficient (Wildman–Crippen LogP) is 11.4. The van der Waals surface area contributed by atoms with Crippen molar-refractivity contribution >= 4 is 18.2 Å². The lowest BCUT2D eigenvalue weighted by Crippen LogP contribution is -2.41. The van der Waals surface area contributed by atoms with Crippen molar-refractivity contribution in [2.45, 2.75) is 98.7 Å². The fourth-order valence-corrected chi connectivity index (χ4v) is 6.49. The van der Waals surface area contributed by atoms with E-state index >= 15 is 0 Å². The van der Waals surface area contributed by atoms with Crippen LogP contribution in [0, 0.1) is 5.41 Å². The highest BCUT2D eigenvalue weighted by Gasteiger charge is 2.51. The third-order valence-electron chi connectivity index (χ3n) is 10.3. The van der Waals surface area contributed by atoms with Crippen molar-refractivity contribution in [2.24, 2.45) is 5.41 Å². The van der Waals surface area contributed by atoms with Crippen LogP contribution in [-0.2, 0) is 14.7 Å². The van der Waals surface area contributed by atoms with Gasteiger partial charge in [0.1, 0.15) is 0 Å². The van der Waals surface area contributed by atoms with E-state index < -0.39 is 0 Å². The van der Waals surface area contributed by atoms with Gasteiger partial charge in [0.25, 0.3) is 0 Å². The van der Waals surface area contributed by atoms with Gasteiger partial charge >= 0.3 is 7.12 Å². The third kappa shape index (κ3) is 6.98. The van der Waals surface area contributed by atoms with Crippen LogP contribution in [-0.4, -0.2) is 18.3 Å². The van der Waals surface area contributed by atoms with Gasteiger partial charge < -0.3 is 9.31 Å². The number of benzene rings is 4. The Kier molecular flexibility index (Phi) is 8.56. The molecule has 0 atom stereocenters. The summed E-state index contributed by atoms with van der Waals surface area (Å²) in [6.07, 6.45) is 6.99. The van der Waals surface area contributed by atoms with Crippen LogP contribution in [0.4, 0.5) is 0 Å². The Bertz CT molecular complexity index is 1840. The Hall–Kier alpha value is -3.66. The van der Waals surface area contributed by atoms with Crippen molar-refractivity contribution in [1.82, 2.24) is 0 Å². The van der Waals surface area contributed by atoms with E-state index in [1.807, 2.05) is 0 Å². The molecular formula is C44H51BO2. The van der Waals surface area contributed by atoms with Gasteiger partial charge in [0.05, 0.1) is 11.2 Å². The average Bonchev–Trinajstić information content (AvgIpc) is 3.26. The maximum absolute atomic E-state index is 6.39. The molecule has 0 saturated carbocycles. The molecule has 0 aromatic heterocycles. The van der Waals surface area contributed by atoms with Crippen molar-refractivity contribution in [3.8, 4) is 33.4 Å². The summed E-state index contributed by atoms with van der Waals surface area (Å²) < 4.78 is 12.8. The van der Waals surface area contributed by atoms with E-state index in [0.717, 1.165) is 23.9 Å². The molecule has 2 nitrogen and oxygen atoms in total. The molecule has 3 heteroatoms. The fourth-order valence-electron chi connectivity index (χ4n) is 6.49. The van der Waals surface area contributed by atoms with Crippen molar-refractivity contribution in [2.75, 3.05) is 0 Å². The van der Waals surface area contributed by atoms with Crippen LogP contribution < -0.4 is 5.46 Å². The van der Waals surface area contributed by atoms with Gasteiger partial charge in [-0.2, -0.15) is 0 Å². The number of hydrogen-bond acceptors (Lipinski definition) is 2. The van der Waals surface area contributed by atoms with Crippen LogP contribution in [0.3, 0.4) is 0 Å². The van der Waals surface area contributed by atoms with Crippen molar-refractivity contribution in [3.63, 3.8) is 0 Å². The van der Waals surface area contributed by atoms with Crippen LogP contribution in [0.5, 0.6) is 0 Å². The standard InChI is InChI=1S/C44H51BO2/c1-41(2,3)38-20-12-17-32(27-38)36-24-35(25-37(26-36)33-18-13-21-39(28-33)42(4,5)6)31-16-11-15-30(23-31)34-19-14-22-40(29-34)45-46-43(7,8)44(9,10)47-45/h11-12,14-17,19-29H,13,18H2,1-10H3. The summed E-state index contributed by atoms with van der Waals surface area (Å²) in [5.41, 5.74) is 13.3. The highest BCUT2D eigenvalue weighted by Crippen LogP contribution is 2.40. The lowest BCUT2D eigenvalue weighted by Gasteiger charge is -2.32. The molecule has 6 rings (SSSR count). The van der Waals surface area contributed by atoms with Crippen LogP contribution in [0.25, 0.3) is 39.0 Å². The summed E-state index contributed by atoms with van der Waals surface area (Å²) in [4.78, 5) is 0. The van der Waals surface area contributed by atoms with E-state index in [-0.39, 0.29) is 29.2 Å². The van der Waals surface area contributed by atoms with Gasteiger partial charge in [0, 0.05) is 0 Å². The first-order valence-electron chi connectivity index (χ1n) is 17.2. The largest absolute Gasteiger partial charge is 0.494 e. The van der Waals surface area contributed by atoms with Crippen molar-refractivity contribution in [1.29, 1.82) is 0 Å². The first-order valence-corrected chi connectivity index (χ1v) is 17.2. The second-order valence-corrected chi connectivity index (χ2v) is 16.5. The normalized spacial score (nSPS) is 17.8. The van der Waals surface area contributed by atoms with Gasteiger partial charge in [0.15, 0.2) is 0 Å². The van der Waals surface area contributed by atoms with Gasteiger partial charge in [-0.3, -0.25) is 0 Å². The van der Waals surface area contributed by atoms with Crippen LogP contribution in [0.2, 0.25) is 0 Å². The average molecular weight is 623 g/mol. The Labute approximate surface area is 284 Å². The summed E-state index contributed by atoms with van der Waals surface area (Å²) in [6, 6.07) is 33.8. The van der Waals surface area contributed by atoms with Gasteiger partial charge in [-0.25, -0.2) is 0 Å². The molecule has 1 aliphatic carbocycles. The molecule has 0 spiro atoms. The number of allylic oxidation sites excluding steroid dienone is 4. The number of rotatable bonds is 5. The smallest absolute Gasteiger partial charge is 0.399 e. The fraction of sp³-hybridized carbons (Fsp3) is 0.364. The second-order valence-electron chi connectivity index (χ2n) is 16.5. The molecule has 0 radical (unpaired) electrons. The lowest BCUT2D eigenvalue weighted by molar-refractivity contribution is 0.00578. The third-order valence-corrected chi connectivity index (χ3v) is 10.3. The Balaban J connectivity index is 1.43. The number of hydrogen-bond donors (Lipinski definition) is 0. The van der Waals surface area contributed by atoms with E-state index in [2.05, 4.69) is 172 Å². The van der Waals surface area contributed by atoms with Crippen LogP contribution in [0.1, 0.15) is 93.2 Å². The SMILES string of the molecule is CC(C)(C)C1=CCCC(c2cc(-c3cccc(-c4cccc(B5OC(C)(C)C(C)(C)O5)c4)c3)cc(-c3cccc(C(C)(C)C)c3)c2)=C1. The van der Waals surface area contributed by atoms with E-state index in [1.165, 1.54) is 50.1 Å². The quantitative estimate of drug-likeness (QED) is 0.206. The summed E-state index contributed by atoms with van der Waals surface area (Å²) in [5.74, 6) is 0. The highest BCUT2D eigenvalue weighted by atomic mass is 16.7. The van der Waals surface area contributed by atoms with E-state index in [1.54, 1.807) is 0 Å². The molecule has 2 aliphatic rings. The lowest BCUT2D eigenvalue weighted by atomic mass is 9.78. The van der Waals surface area contributed by atoms with Gasteiger partial charge in [0.2, 0.25) is 0 Å². The molecule has 1 heterocycles. The molecule has 47 heavy (non-hydrogen) atoms. The molecule has 4 aromatic carbocycles. The first-order chi connectivity index (χ1) is 22.0. The molecule has 0 amide bonds. The van der Waals surface area contributed by atoms with Crippen molar-refractivity contribution < 1.29 is 9.31 Å². The summed E-state index contributed by atoms with van der Waals surface area (Å²) >= 11 is 0. The molecule has 1 fully saturated rings. The maximum Gasteiger partial charge on any atom is 0.494 e. The van der Waals surface area contributed by atoms with E-state index in [0.29, 0.717) is 0 Å². The summed E-state index contributed by atoms with van der Waals surface area (Å²) in [7, 11) is -0.387. The predicted molar refractivity (Wildman–Crippen MR) is 202 cm³/mol. The maximum atomic E-state index is 6.39. The zero-order chi connectivity index (χ0) is 33.8. The Morgan fingerprint density at radius 2 is 1.04 bits per heavy atom. The molecule has 1 saturated heterocycles. The zero-order valence-corrected chi connectivity index (χ0v) is 30.1. The van der Waals surface area contributed by atoms with E-state index in [9.17, 15) is 0 Å². The summed E-state index contributed by atoms with van der Waals surface area (Å²) in [5, 5.41) is 0. The molecule has 0 bridgehead atoms. The van der Waals surface area contributed by atoms with Gasteiger partial charge in [-0.15, -0.1) is 0 Å². The Morgan fingerprint density at radius 1 is 0.553 bits per heavy atom. The molecule has 1 aliphatic heterocycles. The van der Waals surface area contributed by atoms with E-state index in [4.69, 9.17) is 9.31 Å². The monoisotopic (exact) mass is 622 g/mol. The molecule has 0 unspecified atom stereocenters. The zero-order valence-electron chi connectivity index (χ0n) is 30.1. The minimum Gasteiger partial charge on any atom is -0.399 e. The Morgan fingerprint density at radius 3 is 1.64 bits per heavy atom. The first kappa shape index (κ1) is 33.3. The molecule has 0 N–H and O–H groups in total. The molecule has 4 aromatic rings. The topological polar surface area (TPSA) is 18.5 Å². The summed E-state index contributed by atoms with van der Waals surface area (Å²) in [6.45, 7) is 22.2. The highest BCUT2D eigenvalue weighted by molar-refractivity contribution is 6.62. The minimum atomic E-state index is -0.387. The van der Waals surface area contributed by atoms with Crippen molar-refractivity contribution in [3.05, 3.63) is 120 Å². The second kappa shape index (κ2) is 12.1. The van der Waals surface area contributed by atoms with Gasteiger partial charge in [-0.1, -0.05) is 120 Å². The molecule has 242 valence electrons. The van der Waals surface area contributed by atoms with Crippen LogP contribution in [0.15, 0.2) is 109 Å². The minimum absolute atomic E-state index is 0.0811.